The van der Waals surface area contributed by atoms with E-state index in [1.165, 1.54) is 12.1 Å². The number of carbonyl (C=O) groups excluding carboxylic acids is 1. The van der Waals surface area contributed by atoms with Crippen LogP contribution in [0.15, 0.2) is 24.3 Å². The number of carbonyl (C=O) groups is 1. The van der Waals surface area contributed by atoms with Crippen LogP contribution in [-0.4, -0.2) is 29.2 Å². The number of aromatic nitrogens is 2. The van der Waals surface area contributed by atoms with Gasteiger partial charge in [0, 0.05) is 25.1 Å². The molecular weight excluding hydrogens is 366 g/mol. The van der Waals surface area contributed by atoms with E-state index >= 15 is 0 Å². The van der Waals surface area contributed by atoms with E-state index in [2.05, 4.69) is 10.4 Å². The molecule has 1 fully saturated rings. The molecule has 1 aromatic carbocycles. The lowest BCUT2D eigenvalue weighted by Gasteiger charge is -2.33. The molecule has 1 aromatic heterocycles. The molecule has 2 aromatic rings. The summed E-state index contributed by atoms with van der Waals surface area (Å²) in [6, 6.07) is 6.80. The van der Waals surface area contributed by atoms with E-state index in [1.54, 1.807) is 4.90 Å². The van der Waals surface area contributed by atoms with Crippen molar-refractivity contribution in [3.63, 3.8) is 0 Å². The third-order valence-corrected chi connectivity index (χ3v) is 4.42. The Hall–Kier alpha value is -3.09. The van der Waals surface area contributed by atoms with Gasteiger partial charge in [-0.25, -0.2) is 4.39 Å². The Balaban J connectivity index is 1.58. The Morgan fingerprint density at radius 1 is 1.30 bits per heavy atom. The lowest BCUT2D eigenvalue weighted by molar-refractivity contribution is -0.141. The SMILES string of the molecule is N#Cc1ccc(N2CCC(C(=O)Nc3cc(C(F)(F)F)[nH]n3)CC2)c(F)c1. The van der Waals surface area contributed by atoms with Crippen molar-refractivity contribution >= 4 is 17.4 Å². The highest BCUT2D eigenvalue weighted by Crippen LogP contribution is 2.30. The molecule has 142 valence electrons. The fourth-order valence-corrected chi connectivity index (χ4v) is 2.97. The summed E-state index contributed by atoms with van der Waals surface area (Å²) in [4.78, 5) is 14.0. The summed E-state index contributed by atoms with van der Waals surface area (Å²) >= 11 is 0. The van der Waals surface area contributed by atoms with E-state index in [1.807, 2.05) is 11.2 Å². The van der Waals surface area contributed by atoms with Crippen molar-refractivity contribution in [2.24, 2.45) is 5.92 Å². The standard InChI is InChI=1S/C17H15F4N5O/c18-12-7-10(9-22)1-2-13(12)26-5-3-11(4-6-26)16(27)23-15-8-14(24-25-15)17(19,20)21/h1-2,7-8,11H,3-6H2,(H2,23,24,25,27). The molecule has 2 heterocycles. The third kappa shape index (κ3) is 4.19. The molecule has 10 heteroatoms. The fourth-order valence-electron chi connectivity index (χ4n) is 2.97. The molecule has 1 aliphatic rings. The van der Waals surface area contributed by atoms with Crippen molar-refractivity contribution in [3.05, 3.63) is 41.3 Å². The lowest BCUT2D eigenvalue weighted by atomic mass is 9.95. The Labute approximate surface area is 151 Å². The molecule has 27 heavy (non-hydrogen) atoms. The Morgan fingerprint density at radius 3 is 2.56 bits per heavy atom. The van der Waals surface area contributed by atoms with Crippen molar-refractivity contribution in [1.82, 2.24) is 10.2 Å². The number of alkyl halides is 3. The number of nitrogens with one attached hydrogen (secondary N) is 2. The second-order valence-electron chi connectivity index (χ2n) is 6.19. The van der Waals surface area contributed by atoms with Crippen LogP contribution in [0.5, 0.6) is 0 Å². The number of amides is 1. The molecule has 0 saturated carbocycles. The maximum Gasteiger partial charge on any atom is 0.432 e. The number of hydrogen-bond donors (Lipinski definition) is 2. The van der Waals surface area contributed by atoms with Crippen molar-refractivity contribution in [1.29, 1.82) is 5.26 Å². The predicted octanol–water partition coefficient (Wildman–Crippen LogP) is 3.29. The summed E-state index contributed by atoms with van der Waals surface area (Å²) in [6.45, 7) is 0.824. The number of aromatic amines is 1. The van der Waals surface area contributed by atoms with E-state index in [9.17, 15) is 22.4 Å². The van der Waals surface area contributed by atoms with Gasteiger partial charge in [0.25, 0.3) is 0 Å². The van der Waals surface area contributed by atoms with Gasteiger partial charge in [-0.3, -0.25) is 9.89 Å². The lowest BCUT2D eigenvalue weighted by Crippen LogP contribution is -2.38. The number of rotatable bonds is 3. The van der Waals surface area contributed by atoms with Gasteiger partial charge >= 0.3 is 6.18 Å². The molecule has 2 N–H and O–H groups in total. The molecule has 0 unspecified atom stereocenters. The van der Waals surface area contributed by atoms with Gasteiger partial charge in [-0.2, -0.15) is 23.5 Å². The van der Waals surface area contributed by atoms with E-state index in [-0.39, 0.29) is 11.4 Å². The highest BCUT2D eigenvalue weighted by molar-refractivity contribution is 5.91. The maximum absolute atomic E-state index is 14.1. The van der Waals surface area contributed by atoms with Crippen LogP contribution in [0.4, 0.5) is 29.1 Å². The van der Waals surface area contributed by atoms with Crippen molar-refractivity contribution in [3.8, 4) is 6.07 Å². The first-order chi connectivity index (χ1) is 12.8. The zero-order valence-corrected chi connectivity index (χ0v) is 14.0. The maximum atomic E-state index is 14.1. The van der Waals surface area contributed by atoms with Crippen LogP contribution in [0.25, 0.3) is 0 Å². The largest absolute Gasteiger partial charge is 0.432 e. The van der Waals surface area contributed by atoms with Gasteiger partial charge in [0.1, 0.15) is 11.5 Å². The summed E-state index contributed by atoms with van der Waals surface area (Å²) in [7, 11) is 0. The summed E-state index contributed by atoms with van der Waals surface area (Å²) in [5.74, 6) is -1.52. The third-order valence-electron chi connectivity index (χ3n) is 4.42. The van der Waals surface area contributed by atoms with Crippen LogP contribution in [0.1, 0.15) is 24.1 Å². The van der Waals surface area contributed by atoms with Crippen LogP contribution in [0.3, 0.4) is 0 Å². The second-order valence-corrected chi connectivity index (χ2v) is 6.19. The Bertz CT molecular complexity index is 878. The number of halogens is 4. The molecule has 1 saturated heterocycles. The van der Waals surface area contributed by atoms with Gasteiger partial charge in [0.15, 0.2) is 5.82 Å². The summed E-state index contributed by atoms with van der Waals surface area (Å²) in [5.41, 5.74) is -0.457. The molecule has 6 nitrogen and oxygen atoms in total. The van der Waals surface area contributed by atoms with Crippen molar-refractivity contribution in [2.45, 2.75) is 19.0 Å². The predicted molar refractivity (Wildman–Crippen MR) is 88.3 cm³/mol. The molecule has 1 aliphatic heterocycles. The summed E-state index contributed by atoms with van der Waals surface area (Å²) in [6.07, 6.45) is -3.73. The molecule has 0 radical (unpaired) electrons. The minimum absolute atomic E-state index is 0.187. The zero-order valence-electron chi connectivity index (χ0n) is 14.0. The van der Waals surface area contributed by atoms with Gasteiger partial charge in [-0.15, -0.1) is 0 Å². The van der Waals surface area contributed by atoms with E-state index in [0.717, 1.165) is 12.1 Å². The molecule has 0 atom stereocenters. The first kappa shape index (κ1) is 18.7. The number of hydrogen-bond acceptors (Lipinski definition) is 4. The molecule has 1 amide bonds. The van der Waals surface area contributed by atoms with Gasteiger partial charge in [-0.1, -0.05) is 0 Å². The Kier molecular flexibility index (Phi) is 5.03. The van der Waals surface area contributed by atoms with E-state index in [0.29, 0.717) is 31.6 Å². The van der Waals surface area contributed by atoms with Crippen LogP contribution in [-0.2, 0) is 11.0 Å². The van der Waals surface area contributed by atoms with E-state index < -0.39 is 29.5 Å². The van der Waals surface area contributed by atoms with Crippen LogP contribution in [0, 0.1) is 23.1 Å². The zero-order chi connectivity index (χ0) is 19.6. The average molecular weight is 381 g/mol. The molecule has 3 rings (SSSR count). The number of nitrogens with zero attached hydrogens (tertiary/aromatic N) is 3. The van der Waals surface area contributed by atoms with Gasteiger partial charge in [0.2, 0.25) is 5.91 Å². The first-order valence-corrected chi connectivity index (χ1v) is 8.16. The number of benzene rings is 1. The topological polar surface area (TPSA) is 84.8 Å². The van der Waals surface area contributed by atoms with Crippen LogP contribution >= 0.6 is 0 Å². The molecule has 0 aliphatic carbocycles. The number of anilines is 2. The van der Waals surface area contributed by atoms with Gasteiger partial charge < -0.3 is 10.2 Å². The molecule has 0 spiro atoms. The first-order valence-electron chi connectivity index (χ1n) is 8.16. The summed E-state index contributed by atoms with van der Waals surface area (Å²) < 4.78 is 51.7. The quantitative estimate of drug-likeness (QED) is 0.799. The van der Waals surface area contributed by atoms with E-state index in [4.69, 9.17) is 5.26 Å². The van der Waals surface area contributed by atoms with Gasteiger partial charge in [0.05, 0.1) is 17.3 Å². The number of nitriles is 1. The Morgan fingerprint density at radius 2 is 2.00 bits per heavy atom. The number of piperidine rings is 1. The molecule has 0 bridgehead atoms. The summed E-state index contributed by atoms with van der Waals surface area (Å²) in [5, 5.41) is 16.4. The second kappa shape index (κ2) is 7.26. The number of H-pyrrole nitrogens is 1. The minimum atomic E-state index is -4.56. The highest BCUT2D eigenvalue weighted by Gasteiger charge is 2.33. The smallest absolute Gasteiger partial charge is 0.369 e. The van der Waals surface area contributed by atoms with Crippen molar-refractivity contribution < 1.29 is 22.4 Å². The average Bonchev–Trinajstić information content (AvgIpc) is 3.10. The van der Waals surface area contributed by atoms with Crippen molar-refractivity contribution in [2.75, 3.05) is 23.3 Å². The fraction of sp³-hybridized carbons (Fsp3) is 0.353. The van der Waals surface area contributed by atoms with Crippen LogP contribution < -0.4 is 10.2 Å². The minimum Gasteiger partial charge on any atom is -0.369 e. The molecular formula is C17H15F4N5O. The monoisotopic (exact) mass is 381 g/mol. The van der Waals surface area contributed by atoms with Crippen LogP contribution in [0.2, 0.25) is 0 Å². The normalized spacial score (nSPS) is 15.4. The van der Waals surface area contributed by atoms with Gasteiger partial charge in [-0.05, 0) is 31.0 Å². The highest BCUT2D eigenvalue weighted by atomic mass is 19.4.